The van der Waals surface area contributed by atoms with Crippen LogP contribution in [0.25, 0.3) is 28.2 Å². The van der Waals surface area contributed by atoms with Crippen molar-refractivity contribution in [3.05, 3.63) is 115 Å². The van der Waals surface area contributed by atoms with Gasteiger partial charge in [-0.3, -0.25) is 10.1 Å². The highest BCUT2D eigenvalue weighted by Gasteiger charge is 2.40. The van der Waals surface area contributed by atoms with Gasteiger partial charge in [0.25, 0.3) is 5.69 Å². The number of para-hydroxylation sites is 1. The van der Waals surface area contributed by atoms with Crippen LogP contribution in [0.1, 0.15) is 44.7 Å². The maximum atomic E-state index is 12.9. The van der Waals surface area contributed by atoms with Gasteiger partial charge in [0.05, 0.1) is 63.1 Å². The Morgan fingerprint density at radius 1 is 0.852 bits per heavy atom. The van der Waals surface area contributed by atoms with Crippen molar-refractivity contribution in [1.82, 2.24) is 5.32 Å². The maximum absolute atomic E-state index is 12.9. The molecule has 0 saturated carbocycles. The van der Waals surface area contributed by atoms with Crippen LogP contribution in [0.2, 0.25) is 0 Å². The SMILES string of the molecule is COC(=O)C1=C(C)NC(C)=C(C(=O)OC)C1c1ccccc1[N+](=O)[O-].COc1ccc(-c2c(OC)c3c(OC)c4c(cc3oc2=O)OC(C)(C)C=C4)cc1. The first-order valence-corrected chi connectivity index (χ1v) is 16.6. The molecule has 0 unspecified atom stereocenters. The Hall–Kier alpha value is -6.57. The third-order valence-corrected chi connectivity index (χ3v) is 8.93. The lowest BCUT2D eigenvalue weighted by Crippen LogP contribution is -2.32. The number of nitrogens with zero attached hydrogens (tertiary/aromatic N) is 1. The van der Waals surface area contributed by atoms with Crippen LogP contribution in [0, 0.1) is 10.1 Å². The number of ether oxygens (including phenoxy) is 6. The van der Waals surface area contributed by atoms with E-state index in [1.807, 2.05) is 26.0 Å². The Labute approximate surface area is 310 Å². The van der Waals surface area contributed by atoms with Crippen molar-refractivity contribution in [2.45, 2.75) is 39.2 Å². The highest BCUT2D eigenvalue weighted by molar-refractivity contribution is 6.01. The molecule has 2 aliphatic heterocycles. The quantitative estimate of drug-likeness (QED) is 0.0861. The number of dihydropyridines is 1. The van der Waals surface area contributed by atoms with Crippen LogP contribution < -0.4 is 29.9 Å². The van der Waals surface area contributed by atoms with Gasteiger partial charge < -0.3 is 38.2 Å². The topological polar surface area (TPSA) is 175 Å². The fourth-order valence-electron chi connectivity index (χ4n) is 6.52. The molecule has 6 rings (SSSR count). The van der Waals surface area contributed by atoms with Gasteiger partial charge >= 0.3 is 17.6 Å². The number of carbonyl (C=O) groups is 2. The molecule has 1 N–H and O–H groups in total. The number of fused-ring (bicyclic) bond motifs is 2. The Morgan fingerprint density at radius 3 is 1.98 bits per heavy atom. The van der Waals surface area contributed by atoms with Gasteiger partial charge in [0, 0.05) is 29.1 Å². The molecule has 0 amide bonds. The Balaban J connectivity index is 0.000000210. The van der Waals surface area contributed by atoms with Crippen molar-refractivity contribution in [3.8, 4) is 34.1 Å². The second kappa shape index (κ2) is 15.6. The average molecular weight is 741 g/mol. The van der Waals surface area contributed by atoms with E-state index in [1.165, 1.54) is 39.5 Å². The van der Waals surface area contributed by atoms with Crippen molar-refractivity contribution in [3.63, 3.8) is 0 Å². The third kappa shape index (κ3) is 7.22. The first-order chi connectivity index (χ1) is 25.7. The van der Waals surface area contributed by atoms with Crippen molar-refractivity contribution in [2.75, 3.05) is 35.5 Å². The molecule has 0 radical (unpaired) electrons. The molecule has 3 aromatic carbocycles. The van der Waals surface area contributed by atoms with Crippen LogP contribution in [-0.2, 0) is 19.1 Å². The minimum atomic E-state index is -0.970. The molecule has 0 aliphatic carbocycles. The summed E-state index contributed by atoms with van der Waals surface area (Å²) in [7, 11) is 7.10. The highest BCUT2D eigenvalue weighted by Crippen LogP contribution is 2.47. The average Bonchev–Trinajstić information content (AvgIpc) is 3.15. The lowest BCUT2D eigenvalue weighted by Gasteiger charge is -2.29. The predicted octanol–water partition coefficient (Wildman–Crippen LogP) is 6.85. The van der Waals surface area contributed by atoms with E-state index in [2.05, 4.69) is 5.32 Å². The molecule has 2 aliphatic rings. The molecule has 0 spiro atoms. The Bertz CT molecular complexity index is 2260. The van der Waals surface area contributed by atoms with Gasteiger partial charge in [-0.25, -0.2) is 14.4 Å². The molecule has 282 valence electrons. The molecule has 0 fully saturated rings. The van der Waals surface area contributed by atoms with Crippen LogP contribution >= 0.6 is 0 Å². The number of benzene rings is 3. The summed E-state index contributed by atoms with van der Waals surface area (Å²) >= 11 is 0. The second-order valence-corrected chi connectivity index (χ2v) is 12.7. The van der Waals surface area contributed by atoms with Crippen molar-refractivity contribution in [2.24, 2.45) is 0 Å². The number of rotatable bonds is 8. The molecule has 54 heavy (non-hydrogen) atoms. The van der Waals surface area contributed by atoms with Gasteiger partial charge in [0.15, 0.2) is 0 Å². The lowest BCUT2D eigenvalue weighted by molar-refractivity contribution is -0.385. The standard InChI is InChI=1S/C23H22O6.C17H18N2O6/c1-23(2)11-10-15-16(29-23)12-17-19(20(15)26-4)21(27-5)18(22(24)28-17)13-6-8-14(25-3)9-7-13;1-9-13(16(20)24-3)15(14(10(2)18-9)17(21)25-4)11-7-5-6-8-12(11)19(22)23/h6-12H,1-5H3;5-8,15,18H,1-4H3. The number of allylic oxidation sites excluding steroid dienone is 2. The van der Waals surface area contributed by atoms with E-state index >= 15 is 0 Å². The van der Waals surface area contributed by atoms with Gasteiger partial charge in [-0.15, -0.1) is 0 Å². The number of hydrogen-bond donors (Lipinski definition) is 1. The predicted molar refractivity (Wildman–Crippen MR) is 200 cm³/mol. The zero-order valence-corrected chi connectivity index (χ0v) is 31.3. The number of esters is 2. The van der Waals surface area contributed by atoms with Crippen molar-refractivity contribution in [1.29, 1.82) is 0 Å². The number of hydrogen-bond acceptors (Lipinski definition) is 13. The normalized spacial score (nSPS) is 14.5. The molecule has 14 heteroatoms. The summed E-state index contributed by atoms with van der Waals surface area (Å²) < 4.78 is 38.0. The first kappa shape index (κ1) is 38.7. The van der Waals surface area contributed by atoms with E-state index in [1.54, 1.807) is 64.5 Å². The largest absolute Gasteiger partial charge is 0.497 e. The number of methoxy groups -OCH3 is 5. The van der Waals surface area contributed by atoms with E-state index in [0.29, 0.717) is 56.5 Å². The fraction of sp³-hybridized carbons (Fsp3) is 0.275. The fourth-order valence-corrected chi connectivity index (χ4v) is 6.52. The van der Waals surface area contributed by atoms with E-state index in [-0.39, 0.29) is 22.4 Å². The van der Waals surface area contributed by atoms with E-state index in [4.69, 9.17) is 32.8 Å². The molecule has 14 nitrogen and oxygen atoms in total. The molecule has 0 atom stereocenters. The minimum Gasteiger partial charge on any atom is -0.497 e. The summed E-state index contributed by atoms with van der Waals surface area (Å²) in [6.07, 6.45) is 3.91. The number of nitro benzene ring substituents is 1. The molecule has 0 saturated heterocycles. The van der Waals surface area contributed by atoms with Gasteiger partial charge in [0.2, 0.25) is 0 Å². The summed E-state index contributed by atoms with van der Waals surface area (Å²) in [5, 5.41) is 15.0. The molecule has 3 heterocycles. The van der Waals surface area contributed by atoms with E-state index < -0.39 is 34.0 Å². The number of nitrogens with one attached hydrogen (secondary N) is 1. The van der Waals surface area contributed by atoms with Gasteiger partial charge in [-0.1, -0.05) is 30.3 Å². The molecule has 0 bridgehead atoms. The first-order valence-electron chi connectivity index (χ1n) is 16.6. The Kier molecular flexibility index (Phi) is 11.2. The minimum absolute atomic E-state index is 0.128. The van der Waals surface area contributed by atoms with Crippen LogP contribution in [0.3, 0.4) is 0 Å². The summed E-state index contributed by atoms with van der Waals surface area (Å²) in [6.45, 7) is 7.19. The summed E-state index contributed by atoms with van der Waals surface area (Å²) in [5.74, 6) is -0.135. The second-order valence-electron chi connectivity index (χ2n) is 12.7. The molecule has 1 aromatic heterocycles. The van der Waals surface area contributed by atoms with Crippen LogP contribution in [0.15, 0.2) is 92.4 Å². The van der Waals surface area contributed by atoms with E-state index in [9.17, 15) is 24.5 Å². The molecular weight excluding hydrogens is 700 g/mol. The number of nitro groups is 1. The van der Waals surface area contributed by atoms with Crippen LogP contribution in [-0.4, -0.2) is 58.0 Å². The highest BCUT2D eigenvalue weighted by atomic mass is 16.6. The van der Waals surface area contributed by atoms with Crippen molar-refractivity contribution >= 4 is 34.7 Å². The summed E-state index contributed by atoms with van der Waals surface area (Å²) in [4.78, 5) is 48.5. The monoisotopic (exact) mass is 740 g/mol. The molecular formula is C40H40N2O12. The zero-order valence-electron chi connectivity index (χ0n) is 31.3. The van der Waals surface area contributed by atoms with Gasteiger partial charge in [-0.05, 0) is 57.5 Å². The third-order valence-electron chi connectivity index (χ3n) is 8.93. The summed E-state index contributed by atoms with van der Waals surface area (Å²) in [6, 6.07) is 14.8. The smallest absolute Gasteiger partial charge is 0.347 e. The van der Waals surface area contributed by atoms with Crippen molar-refractivity contribution < 1.29 is 47.4 Å². The zero-order chi connectivity index (χ0) is 39.5. The summed E-state index contributed by atoms with van der Waals surface area (Å²) in [5.41, 5.74) is 2.30. The molecule has 4 aromatic rings. The van der Waals surface area contributed by atoms with Gasteiger partial charge in [-0.2, -0.15) is 0 Å². The maximum Gasteiger partial charge on any atom is 0.347 e. The Morgan fingerprint density at radius 2 is 1.44 bits per heavy atom. The van der Waals surface area contributed by atoms with Crippen LogP contribution in [0.5, 0.6) is 23.0 Å². The van der Waals surface area contributed by atoms with Gasteiger partial charge in [0.1, 0.15) is 45.1 Å². The van der Waals surface area contributed by atoms with E-state index in [0.717, 1.165) is 5.56 Å². The lowest BCUT2D eigenvalue weighted by atomic mass is 9.79. The number of carbonyl (C=O) groups excluding carboxylic acids is 2. The van der Waals surface area contributed by atoms with Crippen LogP contribution in [0.4, 0.5) is 5.69 Å².